The van der Waals surface area contributed by atoms with Gasteiger partial charge in [-0.2, -0.15) is 0 Å². The minimum absolute atomic E-state index is 0.141. The Kier molecular flexibility index (Phi) is 4.08. The van der Waals surface area contributed by atoms with Crippen molar-refractivity contribution in [2.24, 2.45) is 0 Å². The van der Waals surface area contributed by atoms with Crippen LogP contribution in [0.15, 0.2) is 66.2 Å². The number of aliphatic hydroxyl groups is 1. The Morgan fingerprint density at radius 3 is 2.96 bits per heavy atom. The Morgan fingerprint density at radius 2 is 2.19 bits per heavy atom. The van der Waals surface area contributed by atoms with Crippen molar-refractivity contribution in [3.63, 3.8) is 0 Å². The zero-order valence-electron chi connectivity index (χ0n) is 14.3. The summed E-state index contributed by atoms with van der Waals surface area (Å²) < 4.78 is 7.14. The van der Waals surface area contributed by atoms with Crippen molar-refractivity contribution < 1.29 is 14.6 Å². The maximum atomic E-state index is 11.4. The first-order valence-corrected chi connectivity index (χ1v) is 8.44. The number of rotatable bonds is 4. The number of nitrogens with zero attached hydrogens (tertiary/aromatic N) is 2. The molecule has 2 N–H and O–H groups in total. The normalized spacial score (nSPS) is 21.8. The van der Waals surface area contributed by atoms with E-state index in [4.69, 9.17) is 4.74 Å². The van der Waals surface area contributed by atoms with E-state index in [2.05, 4.69) is 10.3 Å². The molecule has 1 aliphatic carbocycles. The highest BCUT2D eigenvalue weighted by Gasteiger charge is 2.32. The van der Waals surface area contributed by atoms with Gasteiger partial charge in [-0.25, -0.2) is 9.78 Å². The van der Waals surface area contributed by atoms with Crippen molar-refractivity contribution in [1.82, 2.24) is 14.9 Å². The molecule has 1 aliphatic heterocycles. The molecule has 2 aliphatic rings. The van der Waals surface area contributed by atoms with Gasteiger partial charge in [0.2, 0.25) is 0 Å². The van der Waals surface area contributed by atoms with Gasteiger partial charge in [-0.3, -0.25) is 0 Å². The van der Waals surface area contributed by atoms with E-state index >= 15 is 0 Å². The Bertz CT molecular complexity index is 921. The van der Waals surface area contributed by atoms with Crippen LogP contribution in [0, 0.1) is 0 Å². The van der Waals surface area contributed by atoms with E-state index in [-0.39, 0.29) is 17.9 Å². The van der Waals surface area contributed by atoms with Crippen molar-refractivity contribution in [1.29, 1.82) is 0 Å². The molecule has 0 spiro atoms. The van der Waals surface area contributed by atoms with Gasteiger partial charge in [0.05, 0.1) is 29.5 Å². The third-order valence-electron chi connectivity index (χ3n) is 4.40. The van der Waals surface area contributed by atoms with E-state index in [1.807, 2.05) is 53.1 Å². The van der Waals surface area contributed by atoms with E-state index in [1.165, 1.54) is 0 Å². The van der Waals surface area contributed by atoms with Crippen LogP contribution in [0.5, 0.6) is 0 Å². The summed E-state index contributed by atoms with van der Waals surface area (Å²) in [6, 6.07) is 9.72. The largest absolute Gasteiger partial charge is 0.513 e. The fraction of sp³-hybridized carbons (Fsp3) is 0.200. The van der Waals surface area contributed by atoms with Gasteiger partial charge < -0.3 is 19.7 Å². The fourth-order valence-electron chi connectivity index (χ4n) is 3.24. The number of amides is 1. The van der Waals surface area contributed by atoms with Crippen LogP contribution in [0.25, 0.3) is 17.3 Å². The van der Waals surface area contributed by atoms with Crippen LogP contribution < -0.4 is 5.32 Å². The Hall–Kier alpha value is -3.28. The molecule has 0 radical (unpaired) electrons. The molecule has 2 unspecified atom stereocenters. The highest BCUT2D eigenvalue weighted by molar-refractivity contribution is 5.72. The van der Waals surface area contributed by atoms with Crippen LogP contribution in [-0.4, -0.2) is 32.9 Å². The summed E-state index contributed by atoms with van der Waals surface area (Å²) >= 11 is 0. The summed E-state index contributed by atoms with van der Waals surface area (Å²) in [7, 11) is 0. The molecule has 6 nitrogen and oxygen atoms in total. The van der Waals surface area contributed by atoms with Crippen LogP contribution in [0.3, 0.4) is 0 Å². The highest BCUT2D eigenvalue weighted by atomic mass is 16.6. The van der Waals surface area contributed by atoms with E-state index in [0.717, 1.165) is 22.5 Å². The third-order valence-corrected chi connectivity index (χ3v) is 4.40. The van der Waals surface area contributed by atoms with Crippen molar-refractivity contribution in [2.45, 2.75) is 25.6 Å². The first-order chi connectivity index (χ1) is 12.6. The number of carbonyl (C=O) groups excluding carboxylic acids is 1. The Balaban J connectivity index is 1.66. The number of hydrogen-bond donors (Lipinski definition) is 2. The van der Waals surface area contributed by atoms with Crippen LogP contribution >= 0.6 is 0 Å². The van der Waals surface area contributed by atoms with Gasteiger partial charge in [-0.05, 0) is 18.6 Å². The molecule has 0 saturated carbocycles. The van der Waals surface area contributed by atoms with Crippen molar-refractivity contribution in [2.75, 3.05) is 0 Å². The lowest BCUT2D eigenvalue weighted by atomic mass is 10.0. The molecule has 1 aromatic carbocycles. The second-order valence-corrected chi connectivity index (χ2v) is 6.40. The van der Waals surface area contributed by atoms with E-state index in [1.54, 1.807) is 19.3 Å². The highest BCUT2D eigenvalue weighted by Crippen LogP contribution is 2.26. The number of allylic oxidation sites excluding steroid dienone is 3. The molecule has 1 amide bonds. The van der Waals surface area contributed by atoms with Crippen molar-refractivity contribution in [3.05, 3.63) is 71.9 Å². The quantitative estimate of drug-likeness (QED) is 0.829. The van der Waals surface area contributed by atoms with Gasteiger partial charge >= 0.3 is 6.09 Å². The maximum Gasteiger partial charge on any atom is 0.408 e. The fourth-order valence-corrected chi connectivity index (χ4v) is 3.24. The Labute approximate surface area is 151 Å². The van der Waals surface area contributed by atoms with E-state index in [9.17, 15) is 9.90 Å². The van der Waals surface area contributed by atoms with Gasteiger partial charge in [0, 0.05) is 18.2 Å². The smallest absolute Gasteiger partial charge is 0.408 e. The number of aromatic nitrogens is 2. The molecule has 2 atom stereocenters. The second kappa shape index (κ2) is 6.55. The standard InChI is InChI=1S/C20H19N3O3/c1-13(24)9-17-19(15-5-3-2-4-6-15)21-12-23(17)11-14-7-8-18-16(10-14)22-20(25)26-18/h2-10,12,16,18,24H,11H2,1H3,(H,22,25)/b13-9-. The maximum absolute atomic E-state index is 11.4. The lowest BCUT2D eigenvalue weighted by Crippen LogP contribution is -2.30. The predicted molar refractivity (Wildman–Crippen MR) is 98.4 cm³/mol. The summed E-state index contributed by atoms with van der Waals surface area (Å²) in [6.45, 7) is 2.22. The molecule has 2 heterocycles. The lowest BCUT2D eigenvalue weighted by Gasteiger charge is -2.17. The topological polar surface area (TPSA) is 76.4 Å². The summed E-state index contributed by atoms with van der Waals surface area (Å²) in [5.74, 6) is 0.216. The molecule has 26 heavy (non-hydrogen) atoms. The first kappa shape index (κ1) is 16.2. The van der Waals surface area contributed by atoms with Crippen LogP contribution in [0.1, 0.15) is 12.6 Å². The van der Waals surface area contributed by atoms with Gasteiger partial charge in [-0.1, -0.05) is 42.5 Å². The monoisotopic (exact) mass is 349 g/mol. The number of alkyl carbamates (subject to hydrolysis) is 1. The molecule has 1 fully saturated rings. The first-order valence-electron chi connectivity index (χ1n) is 8.44. The number of aliphatic hydroxyl groups excluding tert-OH is 1. The average molecular weight is 349 g/mol. The van der Waals surface area contributed by atoms with Crippen molar-refractivity contribution >= 4 is 12.2 Å². The molecule has 6 heteroatoms. The van der Waals surface area contributed by atoms with E-state index < -0.39 is 6.09 Å². The van der Waals surface area contributed by atoms with Gasteiger partial charge in [-0.15, -0.1) is 0 Å². The summed E-state index contributed by atoms with van der Waals surface area (Å²) in [4.78, 5) is 15.9. The Morgan fingerprint density at radius 1 is 1.38 bits per heavy atom. The zero-order chi connectivity index (χ0) is 18.1. The molecule has 132 valence electrons. The number of benzene rings is 1. The van der Waals surface area contributed by atoms with Crippen LogP contribution in [0.2, 0.25) is 0 Å². The number of hydrogen-bond acceptors (Lipinski definition) is 4. The van der Waals surface area contributed by atoms with Crippen LogP contribution in [-0.2, 0) is 11.3 Å². The molecule has 2 aromatic rings. The van der Waals surface area contributed by atoms with E-state index in [0.29, 0.717) is 6.54 Å². The summed E-state index contributed by atoms with van der Waals surface area (Å²) in [5, 5.41) is 12.6. The summed E-state index contributed by atoms with van der Waals surface area (Å²) in [5.41, 5.74) is 3.68. The molecular formula is C20H19N3O3. The minimum atomic E-state index is -0.393. The number of nitrogens with one attached hydrogen (secondary N) is 1. The number of fused-ring (bicyclic) bond motifs is 1. The minimum Gasteiger partial charge on any atom is -0.513 e. The van der Waals surface area contributed by atoms with Gasteiger partial charge in [0.25, 0.3) is 0 Å². The average Bonchev–Trinajstić information content (AvgIpc) is 3.18. The van der Waals surface area contributed by atoms with Crippen LogP contribution in [0.4, 0.5) is 4.79 Å². The third kappa shape index (κ3) is 3.13. The number of imidazole rings is 1. The molecule has 1 aromatic heterocycles. The molecule has 1 saturated heterocycles. The zero-order valence-corrected chi connectivity index (χ0v) is 14.3. The van der Waals surface area contributed by atoms with Gasteiger partial charge in [0.15, 0.2) is 0 Å². The molecule has 4 rings (SSSR count). The second-order valence-electron chi connectivity index (χ2n) is 6.40. The summed E-state index contributed by atoms with van der Waals surface area (Å²) in [6.07, 6.45) is 8.69. The predicted octanol–water partition coefficient (Wildman–Crippen LogP) is 3.44. The lowest BCUT2D eigenvalue weighted by molar-refractivity contribution is 0.155. The SMILES string of the molecule is C/C(O)=C/c1c(-c2ccccc2)ncn1CC1=CC2NC(=O)OC2C=C1. The molecular weight excluding hydrogens is 330 g/mol. The number of ether oxygens (including phenoxy) is 1. The van der Waals surface area contributed by atoms with Gasteiger partial charge in [0.1, 0.15) is 6.10 Å². The number of carbonyl (C=O) groups is 1. The van der Waals surface area contributed by atoms with Crippen molar-refractivity contribution in [3.8, 4) is 11.3 Å². The molecule has 0 bridgehead atoms.